The summed E-state index contributed by atoms with van der Waals surface area (Å²) in [5.41, 5.74) is 3.20. The number of thioether (sulfide) groups is 1. The summed E-state index contributed by atoms with van der Waals surface area (Å²) in [5.74, 6) is 0.285. The van der Waals surface area contributed by atoms with E-state index in [1.54, 1.807) is 47.7 Å². The molecule has 0 saturated carbocycles. The number of amides is 2. The van der Waals surface area contributed by atoms with Crippen molar-refractivity contribution in [3.05, 3.63) is 130 Å². The Kier molecular flexibility index (Phi) is 9.85. The molecule has 2 amide bonds. The van der Waals surface area contributed by atoms with Crippen molar-refractivity contribution in [3.63, 3.8) is 0 Å². The minimum atomic E-state index is -0.345. The zero-order valence-electron chi connectivity index (χ0n) is 25.0. The second-order valence-corrected chi connectivity index (χ2v) is 12.4. The van der Waals surface area contributed by atoms with E-state index >= 15 is 0 Å². The molecule has 0 fully saturated rings. The first-order valence-electron chi connectivity index (χ1n) is 14.7. The SMILES string of the molecule is COc1ccccc1C(=O)NCc1nnc(SCC(=O)N2N=C(c3cccs3)CC2c2ccc(F)cc2)n1CCc1ccccc1. The third-order valence-electron chi connectivity index (χ3n) is 7.57. The number of halogens is 1. The lowest BCUT2D eigenvalue weighted by molar-refractivity contribution is -0.130. The van der Waals surface area contributed by atoms with Crippen LogP contribution in [0.2, 0.25) is 0 Å². The Morgan fingerprint density at radius 3 is 2.54 bits per heavy atom. The van der Waals surface area contributed by atoms with Gasteiger partial charge in [-0.1, -0.05) is 72.4 Å². The van der Waals surface area contributed by atoms with Gasteiger partial charge in [-0.05, 0) is 53.3 Å². The summed E-state index contributed by atoms with van der Waals surface area (Å²) < 4.78 is 21.0. The molecule has 12 heteroatoms. The molecule has 0 aliphatic carbocycles. The number of hydrogen-bond donors (Lipinski definition) is 1. The van der Waals surface area contributed by atoms with Crippen molar-refractivity contribution in [2.75, 3.05) is 12.9 Å². The first kappa shape index (κ1) is 31.2. The number of hydrazone groups is 1. The molecule has 1 unspecified atom stereocenters. The van der Waals surface area contributed by atoms with Gasteiger partial charge in [0.05, 0.1) is 41.6 Å². The molecule has 1 aliphatic rings. The van der Waals surface area contributed by atoms with Crippen molar-refractivity contribution < 1.29 is 18.7 Å². The van der Waals surface area contributed by atoms with Crippen molar-refractivity contribution in [2.24, 2.45) is 5.10 Å². The largest absolute Gasteiger partial charge is 0.496 e. The molecule has 0 saturated heterocycles. The van der Waals surface area contributed by atoms with Gasteiger partial charge in [0.1, 0.15) is 11.6 Å². The van der Waals surface area contributed by atoms with Crippen LogP contribution in [-0.2, 0) is 24.3 Å². The lowest BCUT2D eigenvalue weighted by atomic mass is 10.0. The summed E-state index contributed by atoms with van der Waals surface area (Å²) in [7, 11) is 1.52. The molecule has 234 valence electrons. The number of hydrogen-bond acceptors (Lipinski definition) is 8. The number of carbonyl (C=O) groups excluding carboxylic acids is 2. The van der Waals surface area contributed by atoms with Crippen LogP contribution in [-0.4, -0.2) is 50.2 Å². The first-order valence-corrected chi connectivity index (χ1v) is 16.6. The lowest BCUT2D eigenvalue weighted by Gasteiger charge is -2.22. The first-order chi connectivity index (χ1) is 22.5. The third kappa shape index (κ3) is 7.19. The third-order valence-corrected chi connectivity index (χ3v) is 9.44. The summed E-state index contributed by atoms with van der Waals surface area (Å²) in [5, 5.41) is 20.5. The Balaban J connectivity index is 1.20. The topological polar surface area (TPSA) is 102 Å². The second-order valence-electron chi connectivity index (χ2n) is 10.5. The average molecular weight is 655 g/mol. The van der Waals surface area contributed by atoms with E-state index < -0.39 is 0 Å². The number of carbonyl (C=O) groups is 2. The summed E-state index contributed by atoms with van der Waals surface area (Å²) in [6.45, 7) is 0.691. The van der Waals surface area contributed by atoms with Gasteiger partial charge < -0.3 is 14.6 Å². The fourth-order valence-electron chi connectivity index (χ4n) is 5.22. The molecule has 0 bridgehead atoms. The van der Waals surface area contributed by atoms with Crippen molar-refractivity contribution in [2.45, 2.75) is 37.1 Å². The molecular formula is C34H31FN6O3S2. The highest BCUT2D eigenvalue weighted by Gasteiger charge is 2.33. The van der Waals surface area contributed by atoms with E-state index in [-0.39, 0.29) is 36.0 Å². The molecule has 0 radical (unpaired) electrons. The molecule has 1 aliphatic heterocycles. The molecule has 2 aromatic heterocycles. The van der Waals surface area contributed by atoms with Crippen LogP contribution in [0, 0.1) is 5.82 Å². The van der Waals surface area contributed by atoms with E-state index in [4.69, 9.17) is 9.84 Å². The predicted octanol–water partition coefficient (Wildman–Crippen LogP) is 6.13. The second kappa shape index (κ2) is 14.5. The lowest BCUT2D eigenvalue weighted by Crippen LogP contribution is -2.28. The molecule has 5 aromatic rings. The summed E-state index contributed by atoms with van der Waals surface area (Å²) in [6, 6.07) is 26.9. The van der Waals surface area contributed by atoms with Crippen LogP contribution in [0.1, 0.15) is 44.6 Å². The Morgan fingerprint density at radius 1 is 1.00 bits per heavy atom. The van der Waals surface area contributed by atoms with Crippen LogP contribution >= 0.6 is 23.1 Å². The minimum absolute atomic E-state index is 0.0654. The monoisotopic (exact) mass is 654 g/mol. The molecule has 1 atom stereocenters. The Labute approximate surface area is 274 Å². The highest BCUT2D eigenvalue weighted by Crippen LogP contribution is 2.35. The van der Waals surface area contributed by atoms with Crippen LogP contribution in [0.4, 0.5) is 4.39 Å². The summed E-state index contributed by atoms with van der Waals surface area (Å²) in [4.78, 5) is 27.7. The highest BCUT2D eigenvalue weighted by molar-refractivity contribution is 7.99. The average Bonchev–Trinajstić information content (AvgIpc) is 3.86. The number of nitrogens with zero attached hydrogens (tertiary/aromatic N) is 5. The highest BCUT2D eigenvalue weighted by atomic mass is 32.2. The smallest absolute Gasteiger partial charge is 0.255 e. The number of thiophene rings is 1. The van der Waals surface area contributed by atoms with Gasteiger partial charge in [0.25, 0.3) is 11.8 Å². The molecule has 3 heterocycles. The maximum Gasteiger partial charge on any atom is 0.255 e. The molecule has 9 nitrogen and oxygen atoms in total. The van der Waals surface area contributed by atoms with Gasteiger partial charge in [-0.2, -0.15) is 5.10 Å². The van der Waals surface area contributed by atoms with Gasteiger partial charge in [-0.15, -0.1) is 21.5 Å². The Bertz CT molecular complexity index is 1830. The van der Waals surface area contributed by atoms with Crippen molar-refractivity contribution in [1.82, 2.24) is 25.1 Å². The van der Waals surface area contributed by atoms with E-state index in [0.29, 0.717) is 41.7 Å². The molecule has 3 aromatic carbocycles. The van der Waals surface area contributed by atoms with Crippen LogP contribution in [0.5, 0.6) is 5.75 Å². The summed E-state index contributed by atoms with van der Waals surface area (Å²) >= 11 is 2.84. The van der Waals surface area contributed by atoms with E-state index in [1.807, 2.05) is 40.3 Å². The van der Waals surface area contributed by atoms with Crippen molar-refractivity contribution in [3.8, 4) is 5.75 Å². The van der Waals surface area contributed by atoms with Gasteiger partial charge in [-0.25, -0.2) is 9.40 Å². The minimum Gasteiger partial charge on any atom is -0.496 e. The standard InChI is InChI=1S/C34H31FN6O3S2/c1-44-29-11-6-5-10-26(29)33(43)36-21-31-37-38-34(40(31)18-17-23-8-3-2-4-9-23)46-22-32(42)41-28(24-13-15-25(35)16-14-24)20-27(39-41)30-12-7-19-45-30/h2-16,19,28H,17-18,20-22H2,1H3,(H,36,43). The quantitative estimate of drug-likeness (QED) is 0.163. The number of aromatic nitrogens is 3. The predicted molar refractivity (Wildman–Crippen MR) is 177 cm³/mol. The van der Waals surface area contributed by atoms with Crippen LogP contribution < -0.4 is 10.1 Å². The number of para-hydroxylation sites is 1. The number of benzene rings is 3. The number of ether oxygens (including phenoxy) is 1. The van der Waals surface area contributed by atoms with E-state index in [0.717, 1.165) is 21.7 Å². The summed E-state index contributed by atoms with van der Waals surface area (Å²) in [6.07, 6.45) is 1.24. The Morgan fingerprint density at radius 2 is 1.78 bits per heavy atom. The van der Waals surface area contributed by atoms with Gasteiger partial charge in [0.15, 0.2) is 11.0 Å². The van der Waals surface area contributed by atoms with Gasteiger partial charge in [0.2, 0.25) is 0 Å². The number of nitrogens with one attached hydrogen (secondary N) is 1. The van der Waals surface area contributed by atoms with Crippen LogP contribution in [0.25, 0.3) is 0 Å². The van der Waals surface area contributed by atoms with Crippen LogP contribution in [0.3, 0.4) is 0 Å². The van der Waals surface area contributed by atoms with E-state index in [2.05, 4.69) is 27.6 Å². The van der Waals surface area contributed by atoms with Gasteiger partial charge in [-0.3, -0.25) is 9.59 Å². The molecule has 0 spiro atoms. The fourth-order valence-corrected chi connectivity index (χ4v) is 6.78. The number of methoxy groups -OCH3 is 1. The molecule has 6 rings (SSSR count). The number of rotatable bonds is 12. The van der Waals surface area contributed by atoms with Gasteiger partial charge in [0, 0.05) is 13.0 Å². The maximum absolute atomic E-state index is 13.7. The molecular weight excluding hydrogens is 624 g/mol. The Hall–Kier alpha value is -4.81. The zero-order chi connectivity index (χ0) is 31.9. The van der Waals surface area contributed by atoms with Crippen LogP contribution in [0.15, 0.2) is 107 Å². The maximum atomic E-state index is 13.7. The fraction of sp³-hybridized carbons (Fsp3) is 0.206. The normalized spacial score (nSPS) is 14.3. The van der Waals surface area contributed by atoms with Gasteiger partial charge >= 0.3 is 0 Å². The molecule has 46 heavy (non-hydrogen) atoms. The molecule has 1 N–H and O–H groups in total. The van der Waals surface area contributed by atoms with E-state index in [1.165, 1.54) is 36.0 Å². The number of aryl methyl sites for hydroxylation is 1. The zero-order valence-corrected chi connectivity index (χ0v) is 26.6. The van der Waals surface area contributed by atoms with E-state index in [9.17, 15) is 14.0 Å². The van der Waals surface area contributed by atoms with Crippen molar-refractivity contribution >= 4 is 40.6 Å². The van der Waals surface area contributed by atoms with Crippen molar-refractivity contribution in [1.29, 1.82) is 0 Å².